The zero-order valence-electron chi connectivity index (χ0n) is 33.4. The minimum absolute atomic E-state index is 0.0748. The number of ether oxygens (including phenoxy) is 3. The number of carboxylic acids is 1. The van der Waals surface area contributed by atoms with Crippen LogP contribution in [0.2, 0.25) is 4.34 Å². The Morgan fingerprint density at radius 2 is 1.79 bits per heavy atom. The molecule has 0 spiro atoms. The average molecular weight is 808 g/mol. The number of aliphatic carboxylic acids is 1. The molecule has 0 radical (unpaired) electrons. The van der Waals surface area contributed by atoms with Crippen LogP contribution in [0.1, 0.15) is 97.9 Å². The van der Waals surface area contributed by atoms with Crippen molar-refractivity contribution in [1.82, 2.24) is 14.9 Å². The van der Waals surface area contributed by atoms with Gasteiger partial charge in [-0.3, -0.25) is 19.2 Å². The molecule has 0 bridgehead atoms. The van der Waals surface area contributed by atoms with Gasteiger partial charge in [0.05, 0.1) is 53.7 Å². The summed E-state index contributed by atoms with van der Waals surface area (Å²) in [5.74, 6) is -0.137. The topological polar surface area (TPSA) is 145 Å². The number of benzene rings is 1. The average Bonchev–Trinajstić information content (AvgIpc) is 3.86. The largest absolute Gasteiger partial charge is 0.497 e. The zero-order chi connectivity index (χ0) is 40.3. The molecular formula is C43H54ClN3O8S. The predicted octanol–water partition coefficient (Wildman–Crippen LogP) is 8.42. The quantitative estimate of drug-likeness (QED) is 0.149. The number of carbonyl (C=O) groups is 4. The summed E-state index contributed by atoms with van der Waals surface area (Å²) < 4.78 is 18.7. The van der Waals surface area contributed by atoms with Crippen molar-refractivity contribution in [3.8, 4) is 22.9 Å². The molecule has 1 amide bonds. The van der Waals surface area contributed by atoms with E-state index in [1.807, 2.05) is 45.9 Å². The molecule has 3 saturated carbocycles. The van der Waals surface area contributed by atoms with Gasteiger partial charge in [-0.05, 0) is 66.9 Å². The highest BCUT2D eigenvalue weighted by atomic mass is 35.5. The summed E-state index contributed by atoms with van der Waals surface area (Å²) in [7, 11) is 1.58. The molecule has 2 aromatic heterocycles. The number of halogens is 1. The Kier molecular flexibility index (Phi) is 11.2. The molecule has 4 aliphatic rings. The summed E-state index contributed by atoms with van der Waals surface area (Å²) >= 11 is 8.18. The molecule has 302 valence electrons. The Balaban J connectivity index is 1.20. The number of fused-ring (bicyclic) bond motifs is 2. The van der Waals surface area contributed by atoms with Gasteiger partial charge in [-0.1, -0.05) is 59.6 Å². The van der Waals surface area contributed by atoms with Crippen LogP contribution in [0.5, 0.6) is 11.5 Å². The molecule has 1 aliphatic heterocycles. The first-order valence-electron chi connectivity index (χ1n) is 20.1. The second kappa shape index (κ2) is 15.5. The van der Waals surface area contributed by atoms with Gasteiger partial charge in [-0.15, -0.1) is 11.3 Å². The fourth-order valence-corrected chi connectivity index (χ4v) is 10.5. The summed E-state index contributed by atoms with van der Waals surface area (Å²) in [5, 5.41) is 11.8. The van der Waals surface area contributed by atoms with Crippen molar-refractivity contribution in [1.29, 1.82) is 0 Å². The third kappa shape index (κ3) is 8.28. The van der Waals surface area contributed by atoms with Crippen molar-refractivity contribution in [2.75, 3.05) is 13.7 Å². The maximum absolute atomic E-state index is 14.8. The van der Waals surface area contributed by atoms with Crippen LogP contribution in [0.4, 0.5) is 0 Å². The lowest BCUT2D eigenvalue weighted by Crippen LogP contribution is -2.48. The van der Waals surface area contributed by atoms with Gasteiger partial charge in [0.15, 0.2) is 5.78 Å². The zero-order valence-corrected chi connectivity index (χ0v) is 35.0. The number of ketones is 1. The van der Waals surface area contributed by atoms with Gasteiger partial charge in [0.1, 0.15) is 33.7 Å². The number of nitrogens with zero attached hydrogens (tertiary/aromatic N) is 3. The lowest BCUT2D eigenvalue weighted by Gasteiger charge is -2.35. The lowest BCUT2D eigenvalue weighted by molar-refractivity contribution is -0.157. The molecule has 11 nitrogen and oxygen atoms in total. The molecule has 4 fully saturated rings. The lowest BCUT2D eigenvalue weighted by atomic mass is 9.77. The van der Waals surface area contributed by atoms with Gasteiger partial charge >= 0.3 is 11.9 Å². The second-order valence-electron chi connectivity index (χ2n) is 18.1. The van der Waals surface area contributed by atoms with E-state index in [-0.39, 0.29) is 49.5 Å². The molecule has 56 heavy (non-hydrogen) atoms. The number of Topliss-reactive ketones (excluding diaryl/α,β-unsaturated/α-hetero) is 1. The predicted molar refractivity (Wildman–Crippen MR) is 214 cm³/mol. The third-order valence-corrected chi connectivity index (χ3v) is 13.8. The Labute approximate surface area is 337 Å². The van der Waals surface area contributed by atoms with E-state index in [2.05, 4.69) is 13.8 Å². The number of esters is 1. The first kappa shape index (κ1) is 40.4. The number of likely N-dealkylation sites (tertiary alicyclic amines) is 1. The SMILES string of the molecule is CCC1C[C@]1(CC(=O)[C@@H]1C[C@@H](Oc2cc(-c3nc(CC(C)C)sc3Cl)nc3cc(OC)ccc23)CN1C(=O)[C@@H](CC(=O)OC1C[C@@H]2C[C@@H]2C1)C(C)(C)C)C(=O)O. The maximum atomic E-state index is 14.8. The summed E-state index contributed by atoms with van der Waals surface area (Å²) in [6.45, 7) is 12.0. The fraction of sp³-hybridized carbons (Fsp3) is 0.628. The number of methoxy groups -OCH3 is 1. The number of pyridine rings is 1. The van der Waals surface area contributed by atoms with E-state index in [9.17, 15) is 24.3 Å². The summed E-state index contributed by atoms with van der Waals surface area (Å²) in [6, 6.07) is 6.36. The number of rotatable bonds is 15. The fourth-order valence-electron chi connectivity index (χ4n) is 9.09. The number of aromatic nitrogens is 2. The van der Waals surface area contributed by atoms with Crippen LogP contribution in [-0.4, -0.2) is 75.5 Å². The Bertz CT molecular complexity index is 2020. The monoisotopic (exact) mass is 807 g/mol. The van der Waals surface area contributed by atoms with Gasteiger partial charge in [-0.25, -0.2) is 9.97 Å². The molecule has 1 saturated heterocycles. The molecule has 13 heteroatoms. The molecular weight excluding hydrogens is 754 g/mol. The summed E-state index contributed by atoms with van der Waals surface area (Å²) in [4.78, 5) is 66.3. The van der Waals surface area contributed by atoms with Crippen molar-refractivity contribution < 1.29 is 38.5 Å². The smallest absolute Gasteiger partial charge is 0.310 e. The van der Waals surface area contributed by atoms with Crippen molar-refractivity contribution in [3.05, 3.63) is 33.6 Å². The van der Waals surface area contributed by atoms with Crippen molar-refractivity contribution in [2.24, 2.45) is 40.4 Å². The van der Waals surface area contributed by atoms with Crippen molar-refractivity contribution in [2.45, 2.75) is 118 Å². The van der Waals surface area contributed by atoms with E-state index >= 15 is 0 Å². The normalized spacial score (nSPS) is 27.3. The van der Waals surface area contributed by atoms with Crippen LogP contribution < -0.4 is 9.47 Å². The molecule has 8 atom stereocenters. The Hall–Kier alpha value is -3.77. The minimum Gasteiger partial charge on any atom is -0.497 e. The van der Waals surface area contributed by atoms with Crippen LogP contribution in [-0.2, 0) is 30.3 Å². The standard InChI is InChI=1S/C43H54ClN3O8S/c1-8-25-19-43(25,41(51)52)20-34(48)33-16-28(21-47(33)40(50)30(42(4,5)6)17-37(49)55-27-13-23-12-24(23)14-27)54-35-18-32(38-39(44)56-36(46-38)11-22(2)3)45-31-15-26(53-7)9-10-29(31)35/h9-10,15,18,22-25,27-28,30,33H,8,11-14,16-17,19-21H2,1-7H3,(H,51,52)/t23-,24+,25?,27?,28-,30-,33+,43-/m1/s1. The van der Waals surface area contributed by atoms with Crippen LogP contribution in [0.3, 0.4) is 0 Å². The van der Waals surface area contributed by atoms with Crippen LogP contribution in [0, 0.1) is 40.4 Å². The van der Waals surface area contributed by atoms with Gasteiger partial charge in [0.25, 0.3) is 0 Å². The molecule has 2 unspecified atom stereocenters. The van der Waals surface area contributed by atoms with E-state index < -0.39 is 40.8 Å². The van der Waals surface area contributed by atoms with Gasteiger partial charge < -0.3 is 24.2 Å². The Morgan fingerprint density at radius 3 is 2.41 bits per heavy atom. The van der Waals surface area contributed by atoms with Crippen LogP contribution >= 0.6 is 22.9 Å². The molecule has 3 aliphatic carbocycles. The van der Waals surface area contributed by atoms with Gasteiger partial charge in [0.2, 0.25) is 5.91 Å². The van der Waals surface area contributed by atoms with E-state index in [4.69, 9.17) is 35.8 Å². The first-order valence-corrected chi connectivity index (χ1v) is 21.3. The third-order valence-electron chi connectivity index (χ3n) is 12.5. The van der Waals surface area contributed by atoms with E-state index in [1.165, 1.54) is 17.8 Å². The minimum atomic E-state index is -1.13. The number of thiazole rings is 1. The van der Waals surface area contributed by atoms with E-state index in [0.717, 1.165) is 24.3 Å². The molecule has 7 rings (SSSR count). The summed E-state index contributed by atoms with van der Waals surface area (Å²) in [6.07, 6.45) is 3.95. The molecule has 1 N–H and O–H groups in total. The van der Waals surface area contributed by atoms with Gasteiger partial charge in [-0.2, -0.15) is 0 Å². The highest BCUT2D eigenvalue weighted by molar-refractivity contribution is 7.16. The number of hydrogen-bond donors (Lipinski definition) is 1. The van der Waals surface area contributed by atoms with Gasteiger partial charge in [0, 0.05) is 36.8 Å². The molecule has 3 aromatic rings. The number of hydrogen-bond acceptors (Lipinski definition) is 10. The second-order valence-corrected chi connectivity index (χ2v) is 19.8. The maximum Gasteiger partial charge on any atom is 0.310 e. The Morgan fingerprint density at radius 1 is 1.05 bits per heavy atom. The number of carboxylic acid groups (broad SMARTS) is 1. The summed E-state index contributed by atoms with van der Waals surface area (Å²) in [5.41, 5.74) is -0.113. The highest BCUT2D eigenvalue weighted by Crippen LogP contribution is 2.58. The van der Waals surface area contributed by atoms with Crippen molar-refractivity contribution in [3.63, 3.8) is 0 Å². The van der Waals surface area contributed by atoms with Crippen LogP contribution in [0.25, 0.3) is 22.3 Å². The number of amides is 1. The highest BCUT2D eigenvalue weighted by Gasteiger charge is 2.61. The molecule has 3 heterocycles. The number of carbonyl (C=O) groups excluding carboxylic acids is 3. The van der Waals surface area contributed by atoms with E-state index in [1.54, 1.807) is 18.1 Å². The van der Waals surface area contributed by atoms with Crippen molar-refractivity contribution >= 4 is 57.5 Å². The van der Waals surface area contributed by atoms with E-state index in [0.29, 0.717) is 68.7 Å². The molecule has 1 aromatic carbocycles. The van der Waals surface area contributed by atoms with Crippen LogP contribution in [0.15, 0.2) is 24.3 Å². The first-order chi connectivity index (χ1) is 26.5.